The number of amides is 2. The fourth-order valence-electron chi connectivity index (χ4n) is 3.10. The first-order valence-electron chi connectivity index (χ1n) is 6.68. The van der Waals surface area contributed by atoms with Crippen molar-refractivity contribution >= 4 is 17.8 Å². The number of fused-ring (bicyclic) bond motifs is 1. The van der Waals surface area contributed by atoms with Crippen LogP contribution in [0.3, 0.4) is 0 Å². The van der Waals surface area contributed by atoms with Gasteiger partial charge >= 0.3 is 5.97 Å². The van der Waals surface area contributed by atoms with E-state index >= 15 is 0 Å². The van der Waals surface area contributed by atoms with Crippen molar-refractivity contribution in [1.82, 2.24) is 10.2 Å². The summed E-state index contributed by atoms with van der Waals surface area (Å²) in [5.74, 6) is -1.90. The third-order valence-electron chi connectivity index (χ3n) is 4.57. The number of aliphatic carboxylic acids is 1. The minimum absolute atomic E-state index is 0.0490. The molecule has 6 heteroatoms. The predicted octanol–water partition coefficient (Wildman–Crippen LogP) is -0.167. The second kappa shape index (κ2) is 3.79. The van der Waals surface area contributed by atoms with Crippen molar-refractivity contribution < 1.29 is 19.5 Å². The molecule has 3 aliphatic rings. The Morgan fingerprint density at radius 2 is 1.89 bits per heavy atom. The standard InChI is InChI=1S/C13H18N2O4/c1-13(2)8-9(13)11(17)15(10(8)16)5-7(12(18)19)14-6-3-4-6/h6-9,14H,3-5H2,1-2H3,(H,18,19). The maximum absolute atomic E-state index is 12.1. The van der Waals surface area contributed by atoms with Crippen molar-refractivity contribution in [3.8, 4) is 0 Å². The molecule has 104 valence electrons. The van der Waals surface area contributed by atoms with Gasteiger partial charge in [0.15, 0.2) is 0 Å². The predicted molar refractivity (Wildman–Crippen MR) is 65.1 cm³/mol. The van der Waals surface area contributed by atoms with Gasteiger partial charge in [-0.3, -0.25) is 19.3 Å². The molecule has 2 amide bonds. The molecule has 0 aromatic rings. The van der Waals surface area contributed by atoms with Gasteiger partial charge in [-0.15, -0.1) is 0 Å². The summed E-state index contributed by atoms with van der Waals surface area (Å²) in [6.45, 7) is 3.77. The molecule has 6 nitrogen and oxygen atoms in total. The van der Waals surface area contributed by atoms with Gasteiger partial charge in [-0.05, 0) is 18.3 Å². The van der Waals surface area contributed by atoms with Crippen molar-refractivity contribution in [2.75, 3.05) is 6.54 Å². The normalized spacial score (nSPS) is 33.3. The number of hydrogen-bond acceptors (Lipinski definition) is 4. The van der Waals surface area contributed by atoms with Crippen LogP contribution >= 0.6 is 0 Å². The monoisotopic (exact) mass is 266 g/mol. The zero-order chi connectivity index (χ0) is 13.9. The van der Waals surface area contributed by atoms with Crippen LogP contribution in [-0.2, 0) is 14.4 Å². The van der Waals surface area contributed by atoms with Gasteiger partial charge in [-0.2, -0.15) is 0 Å². The van der Waals surface area contributed by atoms with Crippen LogP contribution in [0.15, 0.2) is 0 Å². The van der Waals surface area contributed by atoms with E-state index < -0.39 is 12.0 Å². The lowest BCUT2D eigenvalue weighted by atomic mass is 10.1. The quantitative estimate of drug-likeness (QED) is 0.675. The summed E-state index contributed by atoms with van der Waals surface area (Å²) in [6, 6.07) is -0.624. The number of piperidine rings is 1. The maximum Gasteiger partial charge on any atom is 0.322 e. The molecule has 3 rings (SSSR count). The van der Waals surface area contributed by atoms with Gasteiger partial charge in [0.05, 0.1) is 18.4 Å². The average molecular weight is 266 g/mol. The average Bonchev–Trinajstić information content (AvgIpc) is 3.17. The molecular weight excluding hydrogens is 248 g/mol. The summed E-state index contributed by atoms with van der Waals surface area (Å²) in [4.78, 5) is 36.5. The Balaban J connectivity index is 1.68. The van der Waals surface area contributed by atoms with Crippen molar-refractivity contribution in [1.29, 1.82) is 0 Å². The summed E-state index contributed by atoms with van der Waals surface area (Å²) < 4.78 is 0. The highest BCUT2D eigenvalue weighted by atomic mass is 16.4. The van der Waals surface area contributed by atoms with E-state index in [0.29, 0.717) is 0 Å². The maximum atomic E-state index is 12.1. The van der Waals surface area contributed by atoms with Crippen molar-refractivity contribution in [3.63, 3.8) is 0 Å². The zero-order valence-corrected chi connectivity index (χ0v) is 11.0. The SMILES string of the molecule is CC1(C)C2C(=O)N(CC(NC3CC3)C(=O)O)C(=O)C21. The largest absolute Gasteiger partial charge is 0.480 e. The summed E-state index contributed by atoms with van der Waals surface area (Å²) >= 11 is 0. The van der Waals surface area contributed by atoms with Crippen LogP contribution in [0.5, 0.6) is 0 Å². The van der Waals surface area contributed by atoms with Crippen LogP contribution in [0.1, 0.15) is 26.7 Å². The van der Waals surface area contributed by atoms with Crippen molar-refractivity contribution in [3.05, 3.63) is 0 Å². The lowest BCUT2D eigenvalue weighted by Gasteiger charge is -2.24. The number of likely N-dealkylation sites (tertiary alicyclic amines) is 1. The van der Waals surface area contributed by atoms with Gasteiger partial charge in [0, 0.05) is 6.04 Å². The Labute approximate surface area is 111 Å². The van der Waals surface area contributed by atoms with E-state index in [-0.39, 0.29) is 41.7 Å². The van der Waals surface area contributed by atoms with Gasteiger partial charge in [0.2, 0.25) is 11.8 Å². The minimum Gasteiger partial charge on any atom is -0.480 e. The van der Waals surface area contributed by atoms with E-state index in [1.807, 2.05) is 13.8 Å². The molecule has 3 fully saturated rings. The molecule has 0 bridgehead atoms. The molecule has 1 heterocycles. The molecule has 1 aliphatic heterocycles. The van der Waals surface area contributed by atoms with Crippen LogP contribution < -0.4 is 5.32 Å². The lowest BCUT2D eigenvalue weighted by Crippen LogP contribution is -2.50. The second-order valence-corrected chi connectivity index (χ2v) is 6.40. The molecule has 3 atom stereocenters. The molecule has 2 saturated carbocycles. The highest BCUT2D eigenvalue weighted by Gasteiger charge is 2.72. The third kappa shape index (κ3) is 1.85. The molecule has 1 saturated heterocycles. The van der Waals surface area contributed by atoms with Crippen LogP contribution in [0.25, 0.3) is 0 Å². The Morgan fingerprint density at radius 1 is 1.37 bits per heavy atom. The lowest BCUT2D eigenvalue weighted by molar-refractivity contribution is -0.146. The van der Waals surface area contributed by atoms with Crippen molar-refractivity contribution in [2.45, 2.75) is 38.8 Å². The number of nitrogens with one attached hydrogen (secondary N) is 1. The summed E-state index contributed by atoms with van der Waals surface area (Å²) in [5, 5.41) is 12.1. The summed E-state index contributed by atoms with van der Waals surface area (Å²) in [6.07, 6.45) is 1.92. The van der Waals surface area contributed by atoms with Gasteiger partial charge in [-0.25, -0.2) is 0 Å². The van der Waals surface area contributed by atoms with Crippen LogP contribution in [0.2, 0.25) is 0 Å². The van der Waals surface area contributed by atoms with E-state index in [2.05, 4.69) is 5.32 Å². The van der Waals surface area contributed by atoms with Gasteiger partial charge in [0.25, 0.3) is 0 Å². The van der Waals surface area contributed by atoms with E-state index in [1.165, 1.54) is 0 Å². The minimum atomic E-state index is -1.01. The van der Waals surface area contributed by atoms with Gasteiger partial charge in [-0.1, -0.05) is 13.8 Å². The van der Waals surface area contributed by atoms with E-state index in [1.54, 1.807) is 0 Å². The third-order valence-corrected chi connectivity index (χ3v) is 4.57. The van der Waals surface area contributed by atoms with Gasteiger partial charge in [0.1, 0.15) is 6.04 Å². The Hall–Kier alpha value is -1.43. The van der Waals surface area contributed by atoms with Gasteiger partial charge < -0.3 is 10.4 Å². The number of carboxylic acid groups (broad SMARTS) is 1. The number of hydrogen-bond donors (Lipinski definition) is 2. The van der Waals surface area contributed by atoms with Crippen LogP contribution in [0.4, 0.5) is 0 Å². The number of carboxylic acids is 1. The number of carbonyl (C=O) groups is 3. The summed E-state index contributed by atoms with van der Waals surface area (Å²) in [5.41, 5.74) is -0.243. The number of nitrogens with zero attached hydrogens (tertiary/aromatic N) is 1. The first kappa shape index (κ1) is 12.6. The Kier molecular flexibility index (Phi) is 2.51. The topological polar surface area (TPSA) is 86.7 Å². The second-order valence-electron chi connectivity index (χ2n) is 6.40. The highest BCUT2D eigenvalue weighted by molar-refractivity contribution is 6.10. The molecular formula is C13H18N2O4. The molecule has 0 radical (unpaired) electrons. The van der Waals surface area contributed by atoms with E-state index in [0.717, 1.165) is 17.7 Å². The number of rotatable bonds is 5. The molecule has 0 spiro atoms. The fourth-order valence-corrected chi connectivity index (χ4v) is 3.10. The first-order valence-corrected chi connectivity index (χ1v) is 6.68. The first-order chi connectivity index (χ1) is 8.84. The number of carbonyl (C=O) groups excluding carboxylic acids is 2. The number of imide groups is 1. The summed E-state index contributed by atoms with van der Waals surface area (Å²) in [7, 11) is 0. The molecule has 0 aromatic carbocycles. The van der Waals surface area contributed by atoms with Crippen LogP contribution in [0, 0.1) is 17.3 Å². The smallest absolute Gasteiger partial charge is 0.322 e. The fraction of sp³-hybridized carbons (Fsp3) is 0.769. The van der Waals surface area contributed by atoms with E-state index in [9.17, 15) is 14.4 Å². The van der Waals surface area contributed by atoms with Crippen molar-refractivity contribution in [2.24, 2.45) is 17.3 Å². The van der Waals surface area contributed by atoms with Crippen LogP contribution in [-0.4, -0.2) is 46.4 Å². The highest BCUT2D eigenvalue weighted by Crippen LogP contribution is 2.63. The molecule has 0 aromatic heterocycles. The Morgan fingerprint density at radius 3 is 2.32 bits per heavy atom. The molecule has 3 unspecified atom stereocenters. The Bertz CT molecular complexity index is 445. The zero-order valence-electron chi connectivity index (χ0n) is 11.0. The molecule has 19 heavy (non-hydrogen) atoms. The van der Waals surface area contributed by atoms with E-state index in [4.69, 9.17) is 5.11 Å². The molecule has 2 N–H and O–H groups in total. The molecule has 2 aliphatic carbocycles.